The molecule has 33 heavy (non-hydrogen) atoms. The number of aromatic nitrogens is 1. The van der Waals surface area contributed by atoms with Gasteiger partial charge in [0.15, 0.2) is 13.2 Å². The topological polar surface area (TPSA) is 139 Å². The number of nitrogens with one attached hydrogen (secondary N) is 1. The lowest BCUT2D eigenvalue weighted by Crippen LogP contribution is -2.38. The first kappa shape index (κ1) is 23.5. The van der Waals surface area contributed by atoms with Gasteiger partial charge in [0.25, 0.3) is 17.1 Å². The second-order valence-corrected chi connectivity index (χ2v) is 7.52. The van der Waals surface area contributed by atoms with Crippen LogP contribution < -0.4 is 10.1 Å². The molecule has 1 N–H and O–H groups in total. The Morgan fingerprint density at radius 1 is 1.18 bits per heavy atom. The first-order valence-electron chi connectivity index (χ1n) is 9.67. The van der Waals surface area contributed by atoms with Gasteiger partial charge in [-0.05, 0) is 41.6 Å². The molecule has 3 rings (SSSR count). The number of nitriles is 1. The number of amides is 3. The molecule has 3 amide bonds. The number of carbonyl (C=O) groups is 4. The van der Waals surface area contributed by atoms with Gasteiger partial charge in [-0.15, -0.1) is 0 Å². The van der Waals surface area contributed by atoms with Gasteiger partial charge in [0.2, 0.25) is 0 Å². The van der Waals surface area contributed by atoms with Gasteiger partial charge in [-0.25, -0.2) is 4.79 Å². The maximum absolute atomic E-state index is 12.4. The molecule has 1 aliphatic heterocycles. The number of rotatable bonds is 9. The third-order valence-corrected chi connectivity index (χ3v) is 5.14. The van der Waals surface area contributed by atoms with Crippen LogP contribution in [0.2, 0.25) is 0 Å². The molecular weight excluding hydrogens is 448 g/mol. The van der Waals surface area contributed by atoms with Gasteiger partial charge in [-0.2, -0.15) is 5.26 Å². The molecule has 0 saturated carbocycles. The van der Waals surface area contributed by atoms with Crippen molar-refractivity contribution >= 4 is 40.9 Å². The highest BCUT2D eigenvalue weighted by atomic mass is 32.2. The fourth-order valence-electron chi connectivity index (χ4n) is 2.67. The highest BCUT2D eigenvalue weighted by Crippen LogP contribution is 2.31. The number of thioether (sulfide) groups is 1. The van der Waals surface area contributed by atoms with Gasteiger partial charge >= 0.3 is 5.97 Å². The van der Waals surface area contributed by atoms with Crippen LogP contribution in [0.4, 0.5) is 4.79 Å². The molecule has 1 aliphatic rings. The van der Waals surface area contributed by atoms with Crippen LogP contribution in [-0.4, -0.2) is 59.2 Å². The number of carbonyl (C=O) groups excluding carboxylic acids is 4. The maximum atomic E-state index is 12.4. The third kappa shape index (κ3) is 6.65. The summed E-state index contributed by atoms with van der Waals surface area (Å²) in [5, 5.41) is 11.0. The van der Waals surface area contributed by atoms with E-state index in [-0.39, 0.29) is 29.3 Å². The van der Waals surface area contributed by atoms with Crippen molar-refractivity contribution in [3.05, 3.63) is 64.8 Å². The van der Waals surface area contributed by atoms with Gasteiger partial charge in [-0.1, -0.05) is 18.2 Å². The number of hydrogen-bond donors (Lipinski definition) is 1. The number of esters is 1. The minimum absolute atomic E-state index is 0.000636. The number of benzene rings is 1. The van der Waals surface area contributed by atoms with Crippen LogP contribution in [0.5, 0.6) is 5.75 Å². The Morgan fingerprint density at radius 3 is 2.76 bits per heavy atom. The van der Waals surface area contributed by atoms with Crippen molar-refractivity contribution in [1.82, 2.24) is 15.2 Å². The number of pyridine rings is 1. The van der Waals surface area contributed by atoms with E-state index in [4.69, 9.17) is 14.7 Å². The highest BCUT2D eigenvalue weighted by molar-refractivity contribution is 8.18. The Morgan fingerprint density at radius 2 is 2.00 bits per heavy atom. The van der Waals surface area contributed by atoms with Gasteiger partial charge in [0.1, 0.15) is 11.8 Å². The normalized spacial score (nSPS) is 14.2. The summed E-state index contributed by atoms with van der Waals surface area (Å²) in [5.41, 5.74) is 0.962. The molecule has 0 radical (unpaired) electrons. The molecular formula is C22H18N4O6S. The van der Waals surface area contributed by atoms with Gasteiger partial charge in [0.05, 0.1) is 10.5 Å². The van der Waals surface area contributed by atoms with E-state index in [0.717, 1.165) is 16.7 Å². The van der Waals surface area contributed by atoms with E-state index in [2.05, 4.69) is 10.3 Å². The molecule has 0 unspecified atom stereocenters. The van der Waals surface area contributed by atoms with Crippen LogP contribution in [0.25, 0.3) is 6.08 Å². The van der Waals surface area contributed by atoms with Crippen LogP contribution in [0.1, 0.15) is 11.1 Å². The monoisotopic (exact) mass is 466 g/mol. The average molecular weight is 466 g/mol. The Balaban J connectivity index is 1.38. The van der Waals surface area contributed by atoms with E-state index >= 15 is 0 Å². The van der Waals surface area contributed by atoms with Crippen LogP contribution in [0.15, 0.2) is 53.7 Å². The molecule has 168 valence electrons. The van der Waals surface area contributed by atoms with Crippen molar-refractivity contribution in [2.24, 2.45) is 0 Å². The molecule has 0 atom stereocenters. The number of para-hydroxylation sites is 1. The molecule has 10 nitrogen and oxygen atoms in total. The van der Waals surface area contributed by atoms with Gasteiger partial charge in [0, 0.05) is 25.5 Å². The largest absolute Gasteiger partial charge is 0.481 e. The van der Waals surface area contributed by atoms with Crippen molar-refractivity contribution in [3.8, 4) is 11.8 Å². The van der Waals surface area contributed by atoms with E-state index < -0.39 is 36.2 Å². The van der Waals surface area contributed by atoms with Gasteiger partial charge < -0.3 is 14.8 Å². The number of ether oxygens (including phenoxy) is 2. The van der Waals surface area contributed by atoms with Crippen molar-refractivity contribution in [2.75, 3.05) is 26.3 Å². The smallest absolute Gasteiger partial charge is 0.344 e. The summed E-state index contributed by atoms with van der Waals surface area (Å²) in [6.07, 6.45) is 4.75. The van der Waals surface area contributed by atoms with E-state index in [0.29, 0.717) is 5.56 Å². The lowest BCUT2D eigenvalue weighted by atomic mass is 10.2. The average Bonchev–Trinajstić information content (AvgIpc) is 3.09. The Kier molecular flexibility index (Phi) is 8.15. The predicted molar refractivity (Wildman–Crippen MR) is 118 cm³/mol. The van der Waals surface area contributed by atoms with Crippen LogP contribution >= 0.6 is 11.8 Å². The standard InChI is InChI=1S/C22H18N4O6S/c23-11-16-5-1-2-6-17(16)31-14-20(28)32-13-19(27)25-8-9-26-21(29)18(33-22(26)30)10-15-4-3-7-24-12-15/h1-7,10,12H,8-9,13-14H2,(H,25,27)/b18-10-. The van der Waals surface area contributed by atoms with Crippen LogP contribution in [-0.2, 0) is 19.1 Å². The van der Waals surface area contributed by atoms with Gasteiger partial charge in [-0.3, -0.25) is 24.3 Å². The van der Waals surface area contributed by atoms with E-state index in [1.807, 2.05) is 6.07 Å². The SMILES string of the molecule is N#Cc1ccccc1OCC(=O)OCC(=O)NCCN1C(=O)S/C(=C\c2cccnc2)C1=O. The first-order valence-corrected chi connectivity index (χ1v) is 10.5. The Labute approximate surface area is 193 Å². The molecule has 1 saturated heterocycles. The Hall–Kier alpha value is -4.17. The summed E-state index contributed by atoms with van der Waals surface area (Å²) in [4.78, 5) is 53.4. The van der Waals surface area contributed by atoms with Crippen molar-refractivity contribution < 1.29 is 28.7 Å². The molecule has 0 aliphatic carbocycles. The molecule has 1 aromatic heterocycles. The minimum Gasteiger partial charge on any atom is -0.481 e. The summed E-state index contributed by atoms with van der Waals surface area (Å²) < 4.78 is 10.0. The molecule has 2 heterocycles. The number of hydrogen-bond acceptors (Lipinski definition) is 9. The molecule has 1 fully saturated rings. The lowest BCUT2D eigenvalue weighted by molar-refractivity contribution is -0.150. The van der Waals surface area contributed by atoms with Crippen molar-refractivity contribution in [1.29, 1.82) is 5.26 Å². The number of nitrogens with zero attached hydrogens (tertiary/aromatic N) is 3. The van der Waals surface area contributed by atoms with Crippen molar-refractivity contribution in [3.63, 3.8) is 0 Å². The van der Waals surface area contributed by atoms with Crippen LogP contribution in [0.3, 0.4) is 0 Å². The molecule has 1 aromatic carbocycles. The fourth-order valence-corrected chi connectivity index (χ4v) is 3.54. The fraction of sp³-hybridized carbons (Fsp3) is 0.182. The van der Waals surface area contributed by atoms with Crippen molar-refractivity contribution in [2.45, 2.75) is 0 Å². The van der Waals surface area contributed by atoms with E-state index in [1.165, 1.54) is 6.07 Å². The van der Waals surface area contributed by atoms with Crippen LogP contribution in [0, 0.1) is 11.3 Å². The zero-order chi connectivity index (χ0) is 23.6. The minimum atomic E-state index is -0.788. The lowest BCUT2D eigenvalue weighted by Gasteiger charge is -2.13. The summed E-state index contributed by atoms with van der Waals surface area (Å²) in [7, 11) is 0. The predicted octanol–water partition coefficient (Wildman–Crippen LogP) is 1.73. The summed E-state index contributed by atoms with van der Waals surface area (Å²) in [6.45, 7) is -1.04. The van der Waals surface area contributed by atoms with E-state index in [1.54, 1.807) is 48.8 Å². The second kappa shape index (κ2) is 11.4. The van der Waals surface area contributed by atoms with E-state index in [9.17, 15) is 19.2 Å². The molecule has 0 spiro atoms. The third-order valence-electron chi connectivity index (χ3n) is 4.23. The summed E-state index contributed by atoms with van der Waals surface area (Å²) >= 11 is 0.811. The first-order chi connectivity index (χ1) is 16.0. The highest BCUT2D eigenvalue weighted by Gasteiger charge is 2.34. The quantitative estimate of drug-likeness (QED) is 0.432. The zero-order valence-electron chi connectivity index (χ0n) is 17.2. The molecule has 2 aromatic rings. The Bertz CT molecular complexity index is 1130. The summed E-state index contributed by atoms with van der Waals surface area (Å²) in [5.74, 6) is -1.61. The molecule has 0 bridgehead atoms. The summed E-state index contributed by atoms with van der Waals surface area (Å²) in [6, 6.07) is 11.8. The zero-order valence-corrected chi connectivity index (χ0v) is 18.0. The second-order valence-electron chi connectivity index (χ2n) is 6.53. The number of imide groups is 1. The molecule has 11 heteroatoms. The maximum Gasteiger partial charge on any atom is 0.344 e.